The second-order valence-corrected chi connectivity index (χ2v) is 11.3. The van der Waals surface area contributed by atoms with Crippen molar-refractivity contribution in [2.45, 2.75) is 37.9 Å². The summed E-state index contributed by atoms with van der Waals surface area (Å²) in [7, 11) is -3.69. The number of sulfone groups is 1. The summed E-state index contributed by atoms with van der Waals surface area (Å²) in [6.45, 7) is 6.25. The number of carbonyl (C=O) groups is 1. The molecule has 1 saturated heterocycles. The molecule has 2 aromatic heterocycles. The number of aromatic nitrogens is 4. The molecule has 0 saturated carbocycles. The number of carboxylic acid groups (broad SMARTS) is 1. The summed E-state index contributed by atoms with van der Waals surface area (Å²) >= 11 is 0. The number of alkyl halides is 3. The zero-order chi connectivity index (χ0) is 28.0. The maximum absolute atomic E-state index is 13.5. The summed E-state index contributed by atoms with van der Waals surface area (Å²) in [4.78, 5) is 26.5. The van der Waals surface area contributed by atoms with Crippen molar-refractivity contribution in [2.24, 2.45) is 5.92 Å². The Morgan fingerprint density at radius 1 is 1.21 bits per heavy atom. The molecule has 0 aliphatic carbocycles. The molecule has 0 spiro atoms. The zero-order valence-corrected chi connectivity index (χ0v) is 21.7. The number of piperazine rings is 1. The maximum atomic E-state index is 13.5. The van der Waals surface area contributed by atoms with Crippen molar-refractivity contribution in [3.63, 3.8) is 0 Å². The lowest BCUT2D eigenvalue weighted by molar-refractivity contribution is -0.141. The van der Waals surface area contributed by atoms with E-state index in [2.05, 4.69) is 20.1 Å². The third kappa shape index (κ3) is 5.42. The van der Waals surface area contributed by atoms with Gasteiger partial charge in [0.15, 0.2) is 21.4 Å². The first-order valence-corrected chi connectivity index (χ1v) is 13.4. The van der Waals surface area contributed by atoms with Gasteiger partial charge in [0.2, 0.25) is 5.95 Å². The first-order chi connectivity index (χ1) is 17.7. The van der Waals surface area contributed by atoms with Crippen LogP contribution < -0.4 is 9.80 Å². The van der Waals surface area contributed by atoms with Gasteiger partial charge in [0.1, 0.15) is 5.56 Å². The van der Waals surface area contributed by atoms with Crippen LogP contribution in [0.5, 0.6) is 0 Å². The van der Waals surface area contributed by atoms with Crippen LogP contribution in [0.1, 0.15) is 35.7 Å². The highest BCUT2D eigenvalue weighted by Crippen LogP contribution is 2.34. The molecule has 204 valence electrons. The average Bonchev–Trinajstić information content (AvgIpc) is 3.27. The van der Waals surface area contributed by atoms with E-state index in [1.165, 1.54) is 6.07 Å². The van der Waals surface area contributed by atoms with Gasteiger partial charge in [0, 0.05) is 37.8 Å². The van der Waals surface area contributed by atoms with E-state index in [1.807, 2.05) is 18.7 Å². The fraction of sp³-hybridized carbons (Fsp3) is 0.435. The van der Waals surface area contributed by atoms with Crippen molar-refractivity contribution in [3.8, 4) is 11.5 Å². The molecule has 3 heterocycles. The van der Waals surface area contributed by atoms with Gasteiger partial charge in [0.25, 0.3) is 5.89 Å². The number of benzene rings is 1. The van der Waals surface area contributed by atoms with Crippen LogP contribution >= 0.6 is 0 Å². The van der Waals surface area contributed by atoms with E-state index in [-0.39, 0.29) is 40.8 Å². The molecule has 1 aromatic carbocycles. The Morgan fingerprint density at radius 3 is 2.47 bits per heavy atom. The highest BCUT2D eigenvalue weighted by molar-refractivity contribution is 7.90. The molecular formula is C23H25F3N6O5S. The largest absolute Gasteiger partial charge is 0.478 e. The van der Waals surface area contributed by atoms with Gasteiger partial charge in [-0.1, -0.05) is 19.0 Å². The number of anilines is 2. The molecule has 11 nitrogen and oxygen atoms in total. The van der Waals surface area contributed by atoms with Crippen molar-refractivity contribution in [1.82, 2.24) is 20.1 Å². The molecule has 0 bridgehead atoms. The molecule has 1 aliphatic rings. The third-order valence-corrected chi connectivity index (χ3v) is 7.34. The van der Waals surface area contributed by atoms with E-state index in [0.29, 0.717) is 30.8 Å². The van der Waals surface area contributed by atoms with Crippen LogP contribution in [0, 0.1) is 12.8 Å². The molecule has 0 radical (unpaired) electrons. The molecule has 0 amide bonds. The van der Waals surface area contributed by atoms with Crippen LogP contribution in [0.25, 0.3) is 11.5 Å². The Bertz CT molecular complexity index is 1470. The normalized spacial score (nSPS) is 16.8. The van der Waals surface area contributed by atoms with Crippen LogP contribution in [-0.2, 0) is 16.0 Å². The van der Waals surface area contributed by atoms with Crippen LogP contribution in [0.2, 0.25) is 0 Å². The fourth-order valence-electron chi connectivity index (χ4n) is 4.34. The maximum Gasteiger partial charge on any atom is 0.434 e. The molecule has 1 N–H and O–H groups in total. The van der Waals surface area contributed by atoms with Gasteiger partial charge in [-0.05, 0) is 31.0 Å². The van der Waals surface area contributed by atoms with E-state index < -0.39 is 33.2 Å². The highest BCUT2D eigenvalue weighted by atomic mass is 32.2. The van der Waals surface area contributed by atoms with Gasteiger partial charge >= 0.3 is 12.1 Å². The number of hydrogen-bond acceptors (Lipinski definition) is 10. The predicted molar refractivity (Wildman–Crippen MR) is 130 cm³/mol. The Morgan fingerprint density at radius 2 is 1.92 bits per heavy atom. The number of aromatic carboxylic acids is 1. The molecule has 1 fully saturated rings. The number of aryl methyl sites for hydroxylation is 1. The highest BCUT2D eigenvalue weighted by Gasteiger charge is 2.40. The number of rotatable bonds is 6. The van der Waals surface area contributed by atoms with Gasteiger partial charge < -0.3 is 19.4 Å². The minimum Gasteiger partial charge on any atom is -0.478 e. The topological polar surface area (TPSA) is 143 Å². The minimum atomic E-state index is -4.97. The van der Waals surface area contributed by atoms with Crippen molar-refractivity contribution in [1.29, 1.82) is 0 Å². The number of carboxylic acids is 1. The Labute approximate surface area is 216 Å². The van der Waals surface area contributed by atoms with Crippen LogP contribution in [0.3, 0.4) is 0 Å². The van der Waals surface area contributed by atoms with Crippen LogP contribution in [0.15, 0.2) is 33.8 Å². The molecule has 1 atom stereocenters. The lowest BCUT2D eigenvalue weighted by atomic mass is 9.99. The smallest absolute Gasteiger partial charge is 0.434 e. The monoisotopic (exact) mass is 554 g/mol. The summed E-state index contributed by atoms with van der Waals surface area (Å²) in [6.07, 6.45) is -3.22. The SMILES string of the molecule is Cc1noc(-c2ccc(N3CCN(c4ncc(C(=O)O)c(C(F)(F)F)n4)C(C(C)C)C3)cc2S(C)(=O)=O)n1. The van der Waals surface area contributed by atoms with Crippen molar-refractivity contribution < 1.29 is 36.0 Å². The Kier molecular flexibility index (Phi) is 7.07. The number of nitrogens with zero attached hydrogens (tertiary/aromatic N) is 6. The second kappa shape index (κ2) is 9.85. The lowest BCUT2D eigenvalue weighted by Gasteiger charge is -2.44. The van der Waals surface area contributed by atoms with Gasteiger partial charge in [-0.15, -0.1) is 0 Å². The standard InChI is InChI=1S/C23H25F3N6O5S/c1-12(2)17-11-31(7-8-32(17)22-27-10-16(21(33)34)19(29-22)23(24,25)26)14-5-6-15(18(9-14)38(4,35)36)20-28-13(3)30-37-20/h5-6,9-10,12,17H,7-8,11H2,1-4H3,(H,33,34). The molecule has 3 aromatic rings. The summed E-state index contributed by atoms with van der Waals surface area (Å²) < 4.78 is 71.0. The Balaban J connectivity index is 1.68. The van der Waals surface area contributed by atoms with Gasteiger partial charge in [0.05, 0.1) is 16.5 Å². The van der Waals surface area contributed by atoms with E-state index in [1.54, 1.807) is 24.0 Å². The molecule has 38 heavy (non-hydrogen) atoms. The molecular weight excluding hydrogens is 529 g/mol. The van der Waals surface area contributed by atoms with E-state index in [0.717, 1.165) is 6.26 Å². The quantitative estimate of drug-likeness (QED) is 0.479. The first-order valence-electron chi connectivity index (χ1n) is 11.5. The predicted octanol–water partition coefficient (Wildman–Crippen LogP) is 3.31. The lowest BCUT2D eigenvalue weighted by Crippen LogP contribution is -2.56. The van der Waals surface area contributed by atoms with Crippen LogP contribution in [0.4, 0.5) is 24.8 Å². The van der Waals surface area contributed by atoms with E-state index in [9.17, 15) is 26.4 Å². The number of hydrogen-bond donors (Lipinski definition) is 1. The van der Waals surface area contributed by atoms with Crippen molar-refractivity contribution >= 4 is 27.4 Å². The van der Waals surface area contributed by atoms with Crippen molar-refractivity contribution in [2.75, 3.05) is 35.7 Å². The van der Waals surface area contributed by atoms with Crippen molar-refractivity contribution in [3.05, 3.63) is 41.5 Å². The fourth-order valence-corrected chi connectivity index (χ4v) is 5.23. The zero-order valence-electron chi connectivity index (χ0n) is 20.9. The van der Waals surface area contributed by atoms with E-state index >= 15 is 0 Å². The Hall–Kier alpha value is -3.75. The molecule has 15 heteroatoms. The van der Waals surface area contributed by atoms with Gasteiger partial charge in [-0.3, -0.25) is 0 Å². The molecule has 1 aliphatic heterocycles. The second-order valence-electron chi connectivity index (χ2n) is 9.29. The summed E-state index contributed by atoms with van der Waals surface area (Å²) in [5.74, 6) is -1.63. The number of halogens is 3. The average molecular weight is 555 g/mol. The third-order valence-electron chi connectivity index (χ3n) is 6.21. The minimum absolute atomic E-state index is 0.00425. The van der Waals surface area contributed by atoms with Gasteiger partial charge in [-0.2, -0.15) is 18.2 Å². The first kappa shape index (κ1) is 27.3. The summed E-state index contributed by atoms with van der Waals surface area (Å²) in [5.41, 5.74) is -1.67. The molecule has 4 rings (SSSR count). The van der Waals surface area contributed by atoms with Crippen LogP contribution in [-0.4, -0.2) is 71.5 Å². The summed E-state index contributed by atoms with van der Waals surface area (Å²) in [5, 5.41) is 12.9. The van der Waals surface area contributed by atoms with Gasteiger partial charge in [-0.25, -0.2) is 23.2 Å². The summed E-state index contributed by atoms with van der Waals surface area (Å²) in [6, 6.07) is 4.45. The molecule has 1 unspecified atom stereocenters. The van der Waals surface area contributed by atoms with E-state index in [4.69, 9.17) is 9.63 Å².